The number of aromatic amines is 1. The average Bonchev–Trinajstić information content (AvgIpc) is 2.65. The van der Waals surface area contributed by atoms with Gasteiger partial charge in [-0.25, -0.2) is 4.79 Å². The van der Waals surface area contributed by atoms with Crippen LogP contribution in [0.15, 0.2) is 15.8 Å². The molecule has 0 radical (unpaired) electrons. The first kappa shape index (κ1) is 12.3. The number of aliphatic hydroxyl groups is 2. The number of H-pyrrole nitrogens is 1. The maximum atomic E-state index is 11.5. The van der Waals surface area contributed by atoms with E-state index in [9.17, 15) is 14.7 Å². The molecule has 1 aromatic heterocycles. The van der Waals surface area contributed by atoms with E-state index in [1.54, 1.807) is 0 Å². The summed E-state index contributed by atoms with van der Waals surface area (Å²) in [7, 11) is 0. The molecule has 3 unspecified atom stereocenters. The molecule has 0 aliphatic carbocycles. The number of ether oxygens (including phenoxy) is 1. The fourth-order valence-electron chi connectivity index (χ4n) is 1.72. The van der Waals surface area contributed by atoms with Crippen molar-refractivity contribution in [2.24, 2.45) is 0 Å². The van der Waals surface area contributed by atoms with Gasteiger partial charge in [-0.3, -0.25) is 14.3 Å². The van der Waals surface area contributed by atoms with Crippen LogP contribution in [0.5, 0.6) is 0 Å². The van der Waals surface area contributed by atoms with Gasteiger partial charge in [0.05, 0.1) is 12.7 Å². The van der Waals surface area contributed by atoms with Crippen molar-refractivity contribution in [1.29, 1.82) is 0 Å². The van der Waals surface area contributed by atoms with E-state index in [-0.39, 0.29) is 18.1 Å². The van der Waals surface area contributed by atoms with Gasteiger partial charge >= 0.3 is 5.69 Å². The molecule has 1 aliphatic heterocycles. The molecule has 0 amide bonds. The molecule has 0 bridgehead atoms. The van der Waals surface area contributed by atoms with Crippen LogP contribution in [0.4, 0.5) is 0 Å². The summed E-state index contributed by atoms with van der Waals surface area (Å²) in [5.41, 5.74) is -1.35. The maximum absolute atomic E-state index is 11.5. The van der Waals surface area contributed by atoms with Crippen molar-refractivity contribution >= 4 is 11.6 Å². The summed E-state index contributed by atoms with van der Waals surface area (Å²) in [6.45, 7) is -0.344. The number of hydrogen-bond donors (Lipinski definition) is 3. The van der Waals surface area contributed by atoms with Gasteiger partial charge in [0.15, 0.2) is 0 Å². The van der Waals surface area contributed by atoms with Crippen LogP contribution in [0.2, 0.25) is 5.02 Å². The van der Waals surface area contributed by atoms with Crippen molar-refractivity contribution in [3.05, 3.63) is 32.1 Å². The molecule has 0 spiro atoms. The van der Waals surface area contributed by atoms with E-state index in [0.717, 1.165) is 10.8 Å². The molecule has 2 heterocycles. The van der Waals surface area contributed by atoms with Crippen LogP contribution in [0.3, 0.4) is 0 Å². The van der Waals surface area contributed by atoms with Crippen molar-refractivity contribution in [2.45, 2.75) is 24.9 Å². The van der Waals surface area contributed by atoms with Gasteiger partial charge in [-0.05, 0) is 0 Å². The Labute approximate surface area is 100 Å². The molecule has 3 N–H and O–H groups in total. The van der Waals surface area contributed by atoms with Crippen LogP contribution in [0, 0.1) is 0 Å². The highest BCUT2D eigenvalue weighted by atomic mass is 35.5. The minimum atomic E-state index is -0.859. The molecule has 3 atom stereocenters. The zero-order valence-electron chi connectivity index (χ0n) is 8.67. The predicted molar refractivity (Wildman–Crippen MR) is 58.0 cm³/mol. The fourth-order valence-corrected chi connectivity index (χ4v) is 1.88. The third-order valence-electron chi connectivity index (χ3n) is 2.62. The van der Waals surface area contributed by atoms with Gasteiger partial charge in [0.2, 0.25) is 0 Å². The smallest absolute Gasteiger partial charge is 0.330 e. The Kier molecular flexibility index (Phi) is 3.34. The predicted octanol–water partition coefficient (Wildman–Crippen LogP) is -1.17. The van der Waals surface area contributed by atoms with Gasteiger partial charge in [-0.15, -0.1) is 0 Å². The Balaban J connectivity index is 2.34. The van der Waals surface area contributed by atoms with Crippen LogP contribution in [-0.2, 0) is 4.74 Å². The second-order valence-corrected chi connectivity index (χ2v) is 4.17. The largest absolute Gasteiger partial charge is 0.394 e. The number of hydrogen-bond acceptors (Lipinski definition) is 5. The highest BCUT2D eigenvalue weighted by Gasteiger charge is 2.35. The minimum Gasteiger partial charge on any atom is -0.394 e. The zero-order chi connectivity index (χ0) is 12.6. The second kappa shape index (κ2) is 4.61. The molecule has 7 nitrogen and oxygen atoms in total. The van der Waals surface area contributed by atoms with Gasteiger partial charge in [0.25, 0.3) is 5.56 Å². The molecule has 1 saturated heterocycles. The van der Waals surface area contributed by atoms with E-state index in [4.69, 9.17) is 21.4 Å². The third-order valence-corrected chi connectivity index (χ3v) is 2.89. The van der Waals surface area contributed by atoms with Crippen molar-refractivity contribution in [3.8, 4) is 0 Å². The van der Waals surface area contributed by atoms with Gasteiger partial charge in [-0.1, -0.05) is 11.6 Å². The van der Waals surface area contributed by atoms with Crippen molar-refractivity contribution < 1.29 is 14.9 Å². The number of aliphatic hydroxyl groups excluding tert-OH is 2. The Morgan fingerprint density at radius 2 is 2.29 bits per heavy atom. The van der Waals surface area contributed by atoms with E-state index in [1.165, 1.54) is 0 Å². The molecule has 8 heteroatoms. The average molecular weight is 263 g/mol. The van der Waals surface area contributed by atoms with E-state index < -0.39 is 29.7 Å². The van der Waals surface area contributed by atoms with E-state index in [0.29, 0.717) is 0 Å². The van der Waals surface area contributed by atoms with Crippen LogP contribution in [-0.4, -0.2) is 38.6 Å². The minimum absolute atomic E-state index is 0.143. The Morgan fingerprint density at radius 3 is 2.88 bits per heavy atom. The van der Waals surface area contributed by atoms with Crippen LogP contribution >= 0.6 is 11.6 Å². The summed E-state index contributed by atoms with van der Waals surface area (Å²) in [5.74, 6) is 0. The topological polar surface area (TPSA) is 105 Å². The quantitative estimate of drug-likeness (QED) is 0.623. The van der Waals surface area contributed by atoms with Crippen molar-refractivity contribution in [1.82, 2.24) is 9.55 Å². The lowest BCUT2D eigenvalue weighted by Gasteiger charge is -2.14. The van der Waals surface area contributed by atoms with Crippen LogP contribution in [0.1, 0.15) is 12.6 Å². The molecule has 17 heavy (non-hydrogen) atoms. The summed E-state index contributed by atoms with van der Waals surface area (Å²) < 4.78 is 6.35. The fraction of sp³-hybridized carbons (Fsp3) is 0.556. The Hall–Kier alpha value is -1.15. The number of halogens is 1. The van der Waals surface area contributed by atoms with E-state index >= 15 is 0 Å². The summed E-state index contributed by atoms with van der Waals surface area (Å²) in [4.78, 5) is 24.6. The van der Waals surface area contributed by atoms with Gasteiger partial charge in [0.1, 0.15) is 17.4 Å². The van der Waals surface area contributed by atoms with Gasteiger partial charge in [-0.2, -0.15) is 0 Å². The van der Waals surface area contributed by atoms with Crippen molar-refractivity contribution in [2.75, 3.05) is 6.61 Å². The Morgan fingerprint density at radius 1 is 1.59 bits per heavy atom. The van der Waals surface area contributed by atoms with Crippen molar-refractivity contribution in [3.63, 3.8) is 0 Å². The third kappa shape index (κ3) is 2.27. The van der Waals surface area contributed by atoms with Gasteiger partial charge in [0, 0.05) is 12.6 Å². The molecule has 1 aromatic rings. The summed E-state index contributed by atoms with van der Waals surface area (Å²) in [6.07, 6.45) is -1.04. The van der Waals surface area contributed by atoms with Crippen LogP contribution < -0.4 is 11.2 Å². The molecule has 1 aliphatic rings. The maximum Gasteiger partial charge on any atom is 0.330 e. The first-order valence-corrected chi connectivity index (χ1v) is 5.36. The molecule has 94 valence electrons. The lowest BCUT2D eigenvalue weighted by molar-refractivity contribution is -0.0459. The number of rotatable bonds is 2. The lowest BCUT2D eigenvalue weighted by Crippen LogP contribution is -2.32. The van der Waals surface area contributed by atoms with E-state index in [1.807, 2.05) is 4.98 Å². The number of nitrogens with one attached hydrogen (secondary N) is 1. The zero-order valence-corrected chi connectivity index (χ0v) is 9.42. The molecule has 2 rings (SSSR count). The normalized spacial score (nSPS) is 28.5. The lowest BCUT2D eigenvalue weighted by atomic mass is 10.2. The highest BCUT2D eigenvalue weighted by Crippen LogP contribution is 2.27. The van der Waals surface area contributed by atoms with Gasteiger partial charge < -0.3 is 14.9 Å². The SMILES string of the molecule is O=c1[nH]c(=O)n(C2CC(O)C(CO)O2)cc1Cl. The summed E-state index contributed by atoms with van der Waals surface area (Å²) >= 11 is 5.60. The molecule has 0 aromatic carbocycles. The number of nitrogens with zero attached hydrogens (tertiary/aromatic N) is 1. The molecule has 1 fully saturated rings. The summed E-state index contributed by atoms with van der Waals surface area (Å²) in [6, 6.07) is 0. The summed E-state index contributed by atoms with van der Waals surface area (Å²) in [5, 5.41) is 18.3. The number of aromatic nitrogens is 2. The standard InChI is InChI=1S/C9H11ClN2O5/c10-4-2-12(9(16)11-8(4)15)7-1-5(14)6(3-13)17-7/h2,5-7,13-14H,1,3H2,(H,11,15,16). The molecular formula is C9H11ClN2O5. The highest BCUT2D eigenvalue weighted by molar-refractivity contribution is 6.30. The van der Waals surface area contributed by atoms with E-state index in [2.05, 4.69) is 0 Å². The first-order chi connectivity index (χ1) is 8.02. The second-order valence-electron chi connectivity index (χ2n) is 3.76. The Bertz CT molecular complexity index is 525. The monoisotopic (exact) mass is 262 g/mol. The van der Waals surface area contributed by atoms with Crippen LogP contribution in [0.25, 0.3) is 0 Å². The first-order valence-electron chi connectivity index (χ1n) is 4.98. The molecule has 0 saturated carbocycles. The molecular weight excluding hydrogens is 252 g/mol.